The first-order valence-electron chi connectivity index (χ1n) is 6.17. The zero-order chi connectivity index (χ0) is 15.2. The van der Waals surface area contributed by atoms with Crippen LogP contribution in [0.1, 0.15) is 11.1 Å². The van der Waals surface area contributed by atoms with E-state index >= 15 is 0 Å². The third-order valence-corrected chi connectivity index (χ3v) is 3.58. The number of aliphatic hydroxyl groups excluding tert-OH is 1. The number of nitrogens with one attached hydrogen (secondary N) is 1. The molecule has 2 aromatic rings. The molecule has 110 valence electrons. The second kappa shape index (κ2) is 7.31. The maximum Gasteiger partial charge on any atom is 0.412 e. The number of carbonyl (C=O) groups excluding carboxylic acids is 1. The van der Waals surface area contributed by atoms with E-state index in [1.165, 1.54) is 0 Å². The van der Waals surface area contributed by atoms with Gasteiger partial charge in [-0.2, -0.15) is 0 Å². The molecule has 1 amide bonds. The third kappa shape index (κ3) is 4.11. The van der Waals surface area contributed by atoms with Crippen molar-refractivity contribution in [2.45, 2.75) is 13.2 Å². The highest BCUT2D eigenvalue weighted by Crippen LogP contribution is 2.31. The smallest absolute Gasteiger partial charge is 0.412 e. The standard InChI is InChI=1S/C15H13Cl2NO3/c16-12-6-7-13(14(17)11(12)8-19)18-15(20)21-9-10-4-2-1-3-5-10/h1-7,19H,8-9H2,(H,18,20). The lowest BCUT2D eigenvalue weighted by Gasteiger charge is -2.11. The molecule has 4 nitrogen and oxygen atoms in total. The molecule has 0 saturated carbocycles. The molecule has 0 spiro atoms. The molecule has 0 aromatic heterocycles. The number of hydrogen-bond donors (Lipinski definition) is 2. The normalized spacial score (nSPS) is 10.2. The van der Waals surface area contributed by atoms with Crippen molar-refractivity contribution < 1.29 is 14.6 Å². The van der Waals surface area contributed by atoms with E-state index in [0.29, 0.717) is 16.3 Å². The Bertz CT molecular complexity index is 632. The van der Waals surface area contributed by atoms with Crippen LogP contribution in [0, 0.1) is 0 Å². The number of amides is 1. The summed E-state index contributed by atoms with van der Waals surface area (Å²) in [5.41, 5.74) is 1.58. The maximum atomic E-state index is 11.7. The highest BCUT2D eigenvalue weighted by Gasteiger charge is 2.12. The second-order valence-electron chi connectivity index (χ2n) is 4.23. The zero-order valence-corrected chi connectivity index (χ0v) is 12.5. The number of carbonyl (C=O) groups is 1. The number of aliphatic hydroxyl groups is 1. The summed E-state index contributed by atoms with van der Waals surface area (Å²) in [5, 5.41) is 12.3. The summed E-state index contributed by atoms with van der Waals surface area (Å²) >= 11 is 12.0. The van der Waals surface area contributed by atoms with Crippen molar-refractivity contribution in [1.29, 1.82) is 0 Å². The molecule has 2 aromatic carbocycles. The Morgan fingerprint density at radius 3 is 2.52 bits per heavy atom. The molecular formula is C15H13Cl2NO3. The Morgan fingerprint density at radius 1 is 1.14 bits per heavy atom. The number of anilines is 1. The minimum absolute atomic E-state index is 0.157. The lowest BCUT2D eigenvalue weighted by molar-refractivity contribution is 0.155. The minimum atomic E-state index is -0.632. The van der Waals surface area contributed by atoms with Gasteiger partial charge < -0.3 is 9.84 Å². The molecule has 2 N–H and O–H groups in total. The van der Waals surface area contributed by atoms with Crippen molar-refractivity contribution in [3.8, 4) is 0 Å². The topological polar surface area (TPSA) is 58.6 Å². The third-order valence-electron chi connectivity index (χ3n) is 2.79. The Balaban J connectivity index is 2.00. The average Bonchev–Trinajstić information content (AvgIpc) is 2.50. The van der Waals surface area contributed by atoms with Crippen molar-refractivity contribution in [2.75, 3.05) is 5.32 Å². The van der Waals surface area contributed by atoms with Crippen LogP contribution in [0.5, 0.6) is 0 Å². The van der Waals surface area contributed by atoms with Crippen LogP contribution in [0.2, 0.25) is 10.0 Å². The Labute approximate surface area is 132 Å². The van der Waals surface area contributed by atoms with Gasteiger partial charge in [0.05, 0.1) is 17.3 Å². The molecule has 0 unspecified atom stereocenters. The summed E-state index contributed by atoms with van der Waals surface area (Å²) in [5.74, 6) is 0. The van der Waals surface area contributed by atoms with Gasteiger partial charge in [0, 0.05) is 10.6 Å². The van der Waals surface area contributed by atoms with E-state index in [2.05, 4.69) is 5.32 Å². The first-order valence-corrected chi connectivity index (χ1v) is 6.93. The van der Waals surface area contributed by atoms with Gasteiger partial charge >= 0.3 is 6.09 Å². The Morgan fingerprint density at radius 2 is 1.86 bits per heavy atom. The molecule has 0 fully saturated rings. The van der Waals surface area contributed by atoms with Gasteiger partial charge in [0.2, 0.25) is 0 Å². The van der Waals surface area contributed by atoms with Crippen LogP contribution in [0.3, 0.4) is 0 Å². The number of hydrogen-bond acceptors (Lipinski definition) is 3. The summed E-state index contributed by atoms with van der Waals surface area (Å²) in [6.07, 6.45) is -0.632. The van der Waals surface area contributed by atoms with Crippen LogP contribution in [0.4, 0.5) is 10.5 Å². The van der Waals surface area contributed by atoms with E-state index < -0.39 is 6.09 Å². The largest absolute Gasteiger partial charge is 0.444 e. The van der Waals surface area contributed by atoms with Gasteiger partial charge in [0.1, 0.15) is 6.61 Å². The Kier molecular flexibility index (Phi) is 5.44. The molecule has 0 aliphatic heterocycles. The van der Waals surface area contributed by atoms with Gasteiger partial charge in [-0.15, -0.1) is 0 Å². The second-order valence-corrected chi connectivity index (χ2v) is 5.02. The predicted octanol–water partition coefficient (Wildman–Crippen LogP) is 4.23. The summed E-state index contributed by atoms with van der Waals surface area (Å²) in [6.45, 7) is -0.156. The van der Waals surface area contributed by atoms with Crippen LogP contribution in [0.15, 0.2) is 42.5 Å². The van der Waals surface area contributed by atoms with Crippen LogP contribution < -0.4 is 5.32 Å². The fourth-order valence-corrected chi connectivity index (χ4v) is 2.25. The molecule has 0 aliphatic rings. The summed E-state index contributed by atoms with van der Waals surface area (Å²) in [4.78, 5) is 11.7. The van der Waals surface area contributed by atoms with Gasteiger partial charge in [-0.3, -0.25) is 5.32 Å². The van der Waals surface area contributed by atoms with E-state index in [1.54, 1.807) is 12.1 Å². The highest BCUT2D eigenvalue weighted by molar-refractivity contribution is 6.38. The van der Waals surface area contributed by atoms with E-state index in [0.717, 1.165) is 5.56 Å². The molecular weight excluding hydrogens is 313 g/mol. The predicted molar refractivity (Wildman–Crippen MR) is 82.6 cm³/mol. The molecule has 0 aliphatic carbocycles. The summed E-state index contributed by atoms with van der Waals surface area (Å²) in [7, 11) is 0. The minimum Gasteiger partial charge on any atom is -0.444 e. The van der Waals surface area contributed by atoms with Crippen LogP contribution in [-0.4, -0.2) is 11.2 Å². The molecule has 6 heteroatoms. The first-order chi connectivity index (χ1) is 10.1. The highest BCUT2D eigenvalue weighted by atomic mass is 35.5. The molecule has 0 bridgehead atoms. The van der Waals surface area contributed by atoms with Crippen LogP contribution >= 0.6 is 23.2 Å². The van der Waals surface area contributed by atoms with E-state index in [1.807, 2.05) is 30.3 Å². The number of halogens is 2. The van der Waals surface area contributed by atoms with Crippen molar-refractivity contribution in [1.82, 2.24) is 0 Å². The fourth-order valence-electron chi connectivity index (χ4n) is 1.71. The molecule has 21 heavy (non-hydrogen) atoms. The maximum absolute atomic E-state index is 11.7. The number of rotatable bonds is 4. The van der Waals surface area contributed by atoms with Crippen molar-refractivity contribution in [3.05, 3.63) is 63.6 Å². The van der Waals surface area contributed by atoms with E-state index in [9.17, 15) is 9.90 Å². The average molecular weight is 326 g/mol. The first kappa shape index (κ1) is 15.6. The van der Waals surface area contributed by atoms with Crippen molar-refractivity contribution >= 4 is 35.0 Å². The van der Waals surface area contributed by atoms with Gasteiger partial charge in [0.15, 0.2) is 0 Å². The van der Waals surface area contributed by atoms with Gasteiger partial charge in [-0.1, -0.05) is 53.5 Å². The number of ether oxygens (including phenoxy) is 1. The summed E-state index contributed by atoms with van der Waals surface area (Å²) < 4.78 is 5.09. The van der Waals surface area contributed by atoms with Crippen LogP contribution in [-0.2, 0) is 18.0 Å². The quantitative estimate of drug-likeness (QED) is 0.884. The lowest BCUT2D eigenvalue weighted by atomic mass is 10.2. The molecule has 2 rings (SSSR count). The summed E-state index contributed by atoms with van der Waals surface area (Å²) in [6, 6.07) is 12.4. The van der Waals surface area contributed by atoms with Gasteiger partial charge in [-0.25, -0.2) is 4.79 Å². The zero-order valence-electron chi connectivity index (χ0n) is 11.0. The molecule has 0 radical (unpaired) electrons. The molecule has 0 heterocycles. The fraction of sp³-hybridized carbons (Fsp3) is 0.133. The van der Waals surface area contributed by atoms with E-state index in [4.69, 9.17) is 27.9 Å². The molecule has 0 atom stereocenters. The molecule has 0 saturated heterocycles. The SMILES string of the molecule is O=C(Nc1ccc(Cl)c(CO)c1Cl)OCc1ccccc1. The van der Waals surface area contributed by atoms with Crippen molar-refractivity contribution in [2.24, 2.45) is 0 Å². The number of benzene rings is 2. The van der Waals surface area contributed by atoms with Gasteiger partial charge in [0.25, 0.3) is 0 Å². The van der Waals surface area contributed by atoms with Crippen molar-refractivity contribution in [3.63, 3.8) is 0 Å². The van der Waals surface area contributed by atoms with E-state index in [-0.39, 0.29) is 18.2 Å². The lowest BCUT2D eigenvalue weighted by Crippen LogP contribution is -2.14. The van der Waals surface area contributed by atoms with Gasteiger partial charge in [-0.05, 0) is 17.7 Å². The monoisotopic (exact) mass is 325 g/mol. The Hall–Kier alpha value is -1.75. The van der Waals surface area contributed by atoms with Crippen LogP contribution in [0.25, 0.3) is 0 Å².